The van der Waals surface area contributed by atoms with Crippen LogP contribution < -0.4 is 0 Å². The normalized spacial score (nSPS) is 7.00. The Morgan fingerprint density at radius 3 is 2.71 bits per heavy atom. The third-order valence-corrected chi connectivity index (χ3v) is 0.336. The molecule has 1 N–H and O–H groups in total. The molecule has 0 rings (SSSR count). The van der Waals surface area contributed by atoms with Gasteiger partial charge in [0.05, 0.1) is 0 Å². The molecule has 0 amide bonds. The number of hydrogen-bond acceptors (Lipinski definition) is 3. The van der Waals surface area contributed by atoms with Gasteiger partial charge in [-0.05, 0) is 0 Å². The van der Waals surface area contributed by atoms with E-state index in [1.165, 1.54) is 0 Å². The zero-order chi connectivity index (χ0) is 5.70. The first kappa shape index (κ1) is 6.23. The maximum Gasteiger partial charge on any atom is 0.571 e. The Morgan fingerprint density at radius 1 is 2.00 bits per heavy atom. The van der Waals surface area contributed by atoms with Gasteiger partial charge in [-0.1, -0.05) is 6.58 Å². The Morgan fingerprint density at radius 2 is 2.57 bits per heavy atom. The zero-order valence-electron chi connectivity index (χ0n) is 3.63. The first-order valence-corrected chi connectivity index (χ1v) is 1.60. The van der Waals surface area contributed by atoms with Crippen molar-refractivity contribution in [2.24, 2.45) is 0 Å². The minimum Gasteiger partial charge on any atom is -0.508 e. The Kier molecular flexibility index (Phi) is 3.05. The zero-order valence-corrected chi connectivity index (χ0v) is 3.63. The second-order valence-electron chi connectivity index (χ2n) is 0.746. The van der Waals surface area contributed by atoms with Gasteiger partial charge in [-0.15, -0.1) is 0 Å². The molecular weight excluding hydrogens is 94.8 g/mol. The van der Waals surface area contributed by atoms with Crippen LogP contribution in [-0.2, 0) is 9.45 Å². The minimum absolute atomic E-state index is 0.310. The highest BCUT2D eigenvalue weighted by Gasteiger charge is 1.91. The molecule has 0 aliphatic rings. The maximum absolute atomic E-state index is 9.88. The second kappa shape index (κ2) is 3.43. The highest BCUT2D eigenvalue weighted by atomic mass is 16.6. The van der Waals surface area contributed by atoms with Crippen molar-refractivity contribution in [3.05, 3.63) is 12.7 Å². The van der Waals surface area contributed by atoms with Crippen LogP contribution in [0.1, 0.15) is 0 Å². The van der Waals surface area contributed by atoms with Gasteiger partial charge in [0.1, 0.15) is 0 Å². The molecule has 0 aromatic rings. The van der Waals surface area contributed by atoms with Gasteiger partial charge in [-0.25, -0.2) is 4.79 Å². The molecular formula is C3H4BO3. The van der Waals surface area contributed by atoms with E-state index in [0.29, 0.717) is 7.69 Å². The lowest BCUT2D eigenvalue weighted by Crippen LogP contribution is -2.03. The summed E-state index contributed by atoms with van der Waals surface area (Å²) in [5.41, 5.74) is 0. The number of carbonyl (C=O) groups excluding carboxylic acids is 1. The molecule has 0 fully saturated rings. The van der Waals surface area contributed by atoms with Crippen molar-refractivity contribution in [1.29, 1.82) is 0 Å². The summed E-state index contributed by atoms with van der Waals surface area (Å²) in [7, 11) is 0.310. The Balaban J connectivity index is 3.17. The molecule has 0 atom stereocenters. The maximum atomic E-state index is 9.88. The standard InChI is InChI=1S/C3H4BO3/c1-2-3(5)7-4-6/h2,6H,1H2. The third-order valence-electron chi connectivity index (χ3n) is 0.336. The largest absolute Gasteiger partial charge is 0.571 e. The fraction of sp³-hybridized carbons (Fsp3) is 0. The Labute approximate surface area is 41.9 Å². The summed E-state index contributed by atoms with van der Waals surface area (Å²) in [5, 5.41) is 7.75. The summed E-state index contributed by atoms with van der Waals surface area (Å²) in [4.78, 5) is 9.88. The quantitative estimate of drug-likeness (QED) is 0.365. The molecule has 0 aliphatic heterocycles. The van der Waals surface area contributed by atoms with Crippen LogP contribution in [-0.4, -0.2) is 18.7 Å². The van der Waals surface area contributed by atoms with Gasteiger partial charge in [-0.3, -0.25) is 0 Å². The minimum atomic E-state index is -0.664. The van der Waals surface area contributed by atoms with Gasteiger partial charge < -0.3 is 9.68 Å². The van der Waals surface area contributed by atoms with E-state index in [1.54, 1.807) is 0 Å². The predicted octanol–water partition coefficient (Wildman–Crippen LogP) is -0.758. The van der Waals surface area contributed by atoms with Crippen molar-refractivity contribution >= 4 is 13.7 Å². The van der Waals surface area contributed by atoms with E-state index in [0.717, 1.165) is 6.08 Å². The predicted molar refractivity (Wildman–Crippen MR) is 24.3 cm³/mol. The van der Waals surface area contributed by atoms with Crippen molar-refractivity contribution in [2.75, 3.05) is 0 Å². The van der Waals surface area contributed by atoms with E-state index in [-0.39, 0.29) is 0 Å². The molecule has 0 spiro atoms. The highest BCUT2D eigenvalue weighted by Crippen LogP contribution is 1.70. The molecule has 3 nitrogen and oxygen atoms in total. The summed E-state index contributed by atoms with van der Waals surface area (Å²) in [6.07, 6.45) is 0.951. The van der Waals surface area contributed by atoms with Crippen LogP contribution in [0, 0.1) is 0 Å². The average Bonchev–Trinajstić information content (AvgIpc) is 1.68. The van der Waals surface area contributed by atoms with Gasteiger partial charge in [0.2, 0.25) is 0 Å². The SMILES string of the molecule is C=CC(=O)O[B]O. The lowest BCUT2D eigenvalue weighted by atomic mass is 10.4. The van der Waals surface area contributed by atoms with E-state index in [9.17, 15) is 4.79 Å². The molecule has 0 unspecified atom stereocenters. The molecule has 0 saturated heterocycles. The van der Waals surface area contributed by atoms with Crippen LogP contribution in [0.15, 0.2) is 12.7 Å². The second-order valence-corrected chi connectivity index (χ2v) is 0.746. The summed E-state index contributed by atoms with van der Waals surface area (Å²) < 4.78 is 3.86. The summed E-state index contributed by atoms with van der Waals surface area (Å²) in [6.45, 7) is 3.07. The van der Waals surface area contributed by atoms with Crippen LogP contribution in [0.4, 0.5) is 0 Å². The van der Waals surface area contributed by atoms with Gasteiger partial charge in [0.15, 0.2) is 0 Å². The number of hydrogen-bond donors (Lipinski definition) is 1. The first-order chi connectivity index (χ1) is 3.31. The molecule has 1 radical (unpaired) electrons. The van der Waals surface area contributed by atoms with Gasteiger partial charge in [-0.2, -0.15) is 0 Å². The van der Waals surface area contributed by atoms with Crippen molar-refractivity contribution in [3.63, 3.8) is 0 Å². The topological polar surface area (TPSA) is 46.5 Å². The smallest absolute Gasteiger partial charge is 0.508 e. The van der Waals surface area contributed by atoms with Crippen molar-refractivity contribution in [3.8, 4) is 0 Å². The molecule has 0 heterocycles. The Hall–Kier alpha value is -0.765. The molecule has 37 valence electrons. The van der Waals surface area contributed by atoms with Gasteiger partial charge in [0.25, 0.3) is 0 Å². The highest BCUT2D eigenvalue weighted by molar-refractivity contribution is 6.21. The first-order valence-electron chi connectivity index (χ1n) is 1.60. The monoisotopic (exact) mass is 99.0 g/mol. The Bertz CT molecular complexity index is 80.2. The molecule has 0 saturated carbocycles. The lowest BCUT2D eigenvalue weighted by Gasteiger charge is -1.87. The molecule has 0 aliphatic carbocycles. The average molecular weight is 98.9 g/mol. The van der Waals surface area contributed by atoms with E-state index in [2.05, 4.69) is 11.2 Å². The third kappa shape index (κ3) is 3.05. The van der Waals surface area contributed by atoms with E-state index >= 15 is 0 Å². The van der Waals surface area contributed by atoms with Crippen LogP contribution in [0.2, 0.25) is 0 Å². The van der Waals surface area contributed by atoms with Gasteiger partial charge >= 0.3 is 13.7 Å². The fourth-order valence-electron chi connectivity index (χ4n) is 0.100. The van der Waals surface area contributed by atoms with Crippen molar-refractivity contribution in [2.45, 2.75) is 0 Å². The summed E-state index contributed by atoms with van der Waals surface area (Å²) in [5.74, 6) is -0.664. The summed E-state index contributed by atoms with van der Waals surface area (Å²) in [6, 6.07) is 0. The molecule has 0 aromatic heterocycles. The van der Waals surface area contributed by atoms with Crippen LogP contribution in [0.3, 0.4) is 0 Å². The number of rotatable bonds is 2. The van der Waals surface area contributed by atoms with E-state index in [1.807, 2.05) is 0 Å². The van der Waals surface area contributed by atoms with Crippen molar-refractivity contribution < 1.29 is 14.5 Å². The molecule has 7 heavy (non-hydrogen) atoms. The molecule has 0 bridgehead atoms. The van der Waals surface area contributed by atoms with E-state index < -0.39 is 5.97 Å². The molecule has 4 heteroatoms. The fourth-order valence-corrected chi connectivity index (χ4v) is 0.100. The van der Waals surface area contributed by atoms with Crippen LogP contribution in [0.25, 0.3) is 0 Å². The van der Waals surface area contributed by atoms with Crippen LogP contribution in [0.5, 0.6) is 0 Å². The number of carbonyl (C=O) groups is 1. The summed E-state index contributed by atoms with van der Waals surface area (Å²) >= 11 is 0. The van der Waals surface area contributed by atoms with Crippen LogP contribution >= 0.6 is 0 Å². The van der Waals surface area contributed by atoms with E-state index in [4.69, 9.17) is 5.02 Å². The van der Waals surface area contributed by atoms with Crippen molar-refractivity contribution in [1.82, 2.24) is 0 Å². The molecule has 0 aromatic carbocycles. The van der Waals surface area contributed by atoms with Gasteiger partial charge in [0, 0.05) is 6.08 Å². The lowest BCUT2D eigenvalue weighted by molar-refractivity contribution is -0.129.